The Morgan fingerprint density at radius 2 is 2.15 bits per heavy atom. The zero-order valence-corrected chi connectivity index (χ0v) is 11.5. The molecule has 0 bridgehead atoms. The number of aliphatic hydroxyl groups is 1. The van der Waals surface area contributed by atoms with E-state index in [1.54, 1.807) is 0 Å². The summed E-state index contributed by atoms with van der Waals surface area (Å²) in [5, 5.41) is 11.9. The molecule has 0 saturated heterocycles. The highest BCUT2D eigenvalue weighted by atomic mass is 19.1. The van der Waals surface area contributed by atoms with Crippen LogP contribution >= 0.6 is 0 Å². The number of halogens is 2. The summed E-state index contributed by atoms with van der Waals surface area (Å²) in [5.41, 5.74) is -0.671. The monoisotopic (exact) mass is 283 g/mol. The number of rotatable bonds is 5. The molecule has 20 heavy (non-hydrogen) atoms. The van der Waals surface area contributed by atoms with Crippen molar-refractivity contribution in [1.29, 1.82) is 0 Å². The second-order valence-corrected chi connectivity index (χ2v) is 5.32. The summed E-state index contributed by atoms with van der Waals surface area (Å²) in [6.07, 6.45) is 2.52. The zero-order chi connectivity index (χ0) is 14.8. The van der Waals surface area contributed by atoms with Crippen molar-refractivity contribution < 1.29 is 18.7 Å². The van der Waals surface area contributed by atoms with Crippen molar-refractivity contribution in [2.45, 2.75) is 44.1 Å². The molecule has 0 aliphatic heterocycles. The van der Waals surface area contributed by atoms with Gasteiger partial charge >= 0.3 is 0 Å². The van der Waals surface area contributed by atoms with Gasteiger partial charge in [-0.2, -0.15) is 0 Å². The van der Waals surface area contributed by atoms with E-state index in [-0.39, 0.29) is 24.1 Å². The highest BCUT2D eigenvalue weighted by Gasteiger charge is 2.47. The maximum Gasteiger partial charge on any atom is 0.231 e. The highest BCUT2D eigenvalue weighted by molar-refractivity contribution is 5.89. The van der Waals surface area contributed by atoms with E-state index < -0.39 is 17.0 Å². The van der Waals surface area contributed by atoms with Crippen LogP contribution in [0.15, 0.2) is 18.2 Å². The first-order valence-electron chi connectivity index (χ1n) is 6.91. The first-order chi connectivity index (χ1) is 9.53. The molecule has 0 unspecified atom stereocenters. The lowest BCUT2D eigenvalue weighted by Gasteiger charge is -2.41. The Labute approximate surface area is 117 Å². The molecule has 3 nitrogen and oxygen atoms in total. The molecule has 0 aromatic heterocycles. The number of hydrogen-bond donors (Lipinski definition) is 2. The van der Waals surface area contributed by atoms with Crippen LogP contribution in [-0.2, 0) is 10.2 Å². The first-order valence-corrected chi connectivity index (χ1v) is 6.91. The number of carbonyl (C=O) groups excluding carboxylic acids is 1. The average molecular weight is 283 g/mol. The molecule has 0 radical (unpaired) electrons. The van der Waals surface area contributed by atoms with Gasteiger partial charge in [0, 0.05) is 11.6 Å². The van der Waals surface area contributed by atoms with E-state index in [0.717, 1.165) is 12.5 Å². The Bertz CT molecular complexity index is 497. The molecule has 1 aliphatic rings. The normalized spacial score (nSPS) is 18.2. The Kier molecular flexibility index (Phi) is 4.38. The number of aliphatic hydroxyl groups excluding tert-OH is 1. The summed E-state index contributed by atoms with van der Waals surface area (Å²) in [4.78, 5) is 12.4. The van der Waals surface area contributed by atoms with E-state index in [9.17, 15) is 13.6 Å². The summed E-state index contributed by atoms with van der Waals surface area (Å²) < 4.78 is 27.0. The molecule has 5 heteroatoms. The van der Waals surface area contributed by atoms with Gasteiger partial charge < -0.3 is 10.4 Å². The van der Waals surface area contributed by atoms with Gasteiger partial charge in [0.1, 0.15) is 11.6 Å². The smallest absolute Gasteiger partial charge is 0.231 e. The van der Waals surface area contributed by atoms with Crippen LogP contribution in [0, 0.1) is 11.6 Å². The molecule has 1 fully saturated rings. The minimum atomic E-state index is -0.916. The number of carbonyl (C=O) groups is 1. The maximum absolute atomic E-state index is 14.0. The highest BCUT2D eigenvalue weighted by Crippen LogP contribution is 2.45. The molecule has 1 saturated carbocycles. The van der Waals surface area contributed by atoms with Gasteiger partial charge in [0.15, 0.2) is 0 Å². The average Bonchev–Trinajstić information content (AvgIpc) is 2.37. The van der Waals surface area contributed by atoms with E-state index in [1.807, 2.05) is 6.92 Å². The molecule has 1 amide bonds. The molecule has 1 aromatic rings. The van der Waals surface area contributed by atoms with E-state index in [2.05, 4.69) is 5.32 Å². The predicted octanol–water partition coefficient (Wildman–Crippen LogP) is 2.27. The largest absolute Gasteiger partial charge is 0.394 e. The van der Waals surface area contributed by atoms with Crippen LogP contribution < -0.4 is 5.32 Å². The minimum absolute atomic E-state index is 0.149. The van der Waals surface area contributed by atoms with Gasteiger partial charge in [-0.1, -0.05) is 19.4 Å². The van der Waals surface area contributed by atoms with Gasteiger partial charge in [-0.15, -0.1) is 0 Å². The van der Waals surface area contributed by atoms with Crippen LogP contribution in [0.1, 0.15) is 38.2 Å². The second-order valence-electron chi connectivity index (χ2n) is 5.32. The fourth-order valence-corrected chi connectivity index (χ4v) is 2.63. The van der Waals surface area contributed by atoms with Gasteiger partial charge in [0.05, 0.1) is 18.1 Å². The van der Waals surface area contributed by atoms with Gasteiger partial charge in [-0.3, -0.25) is 4.79 Å². The lowest BCUT2D eigenvalue weighted by atomic mass is 9.63. The molecule has 0 heterocycles. The standard InChI is InChI=1S/C15H19F2NO2/c1-2-11(9-19)18-14(20)15(6-3-7-15)12-5-4-10(16)8-13(12)17/h4-5,8,11,19H,2-3,6-7,9H2,1H3,(H,18,20)/t11-/m1/s1. The van der Waals surface area contributed by atoms with Crippen LogP contribution in [-0.4, -0.2) is 23.7 Å². The molecule has 1 atom stereocenters. The molecular weight excluding hydrogens is 264 g/mol. The van der Waals surface area contributed by atoms with Gasteiger partial charge in [-0.05, 0) is 25.3 Å². The minimum Gasteiger partial charge on any atom is -0.394 e. The molecule has 0 spiro atoms. The predicted molar refractivity (Wildman–Crippen MR) is 71.2 cm³/mol. The third kappa shape index (κ3) is 2.54. The molecule has 1 aromatic carbocycles. The van der Waals surface area contributed by atoms with Crippen molar-refractivity contribution >= 4 is 5.91 Å². The van der Waals surface area contributed by atoms with Crippen LogP contribution in [0.4, 0.5) is 8.78 Å². The number of hydrogen-bond acceptors (Lipinski definition) is 2. The molecule has 2 rings (SSSR count). The van der Waals surface area contributed by atoms with Crippen LogP contribution in [0.25, 0.3) is 0 Å². The summed E-state index contributed by atoms with van der Waals surface area (Å²) in [6.45, 7) is 1.71. The fourth-order valence-electron chi connectivity index (χ4n) is 2.63. The summed E-state index contributed by atoms with van der Waals surface area (Å²) in [5.74, 6) is -1.62. The van der Waals surface area contributed by atoms with E-state index in [1.165, 1.54) is 12.1 Å². The van der Waals surface area contributed by atoms with E-state index >= 15 is 0 Å². The molecule has 1 aliphatic carbocycles. The Morgan fingerprint density at radius 1 is 1.45 bits per heavy atom. The van der Waals surface area contributed by atoms with E-state index in [4.69, 9.17) is 5.11 Å². The van der Waals surface area contributed by atoms with Gasteiger partial charge in [-0.25, -0.2) is 8.78 Å². The summed E-state index contributed by atoms with van der Waals surface area (Å²) in [7, 11) is 0. The van der Waals surface area contributed by atoms with Crippen molar-refractivity contribution in [3.8, 4) is 0 Å². The lowest BCUT2D eigenvalue weighted by molar-refractivity contribution is -0.131. The number of benzene rings is 1. The number of nitrogens with one attached hydrogen (secondary N) is 1. The van der Waals surface area contributed by atoms with Crippen molar-refractivity contribution in [2.75, 3.05) is 6.61 Å². The summed E-state index contributed by atoms with van der Waals surface area (Å²) >= 11 is 0. The Morgan fingerprint density at radius 3 is 2.60 bits per heavy atom. The zero-order valence-electron chi connectivity index (χ0n) is 11.5. The molecule has 110 valence electrons. The maximum atomic E-state index is 14.0. The quantitative estimate of drug-likeness (QED) is 0.871. The fraction of sp³-hybridized carbons (Fsp3) is 0.533. The molecule has 2 N–H and O–H groups in total. The van der Waals surface area contributed by atoms with Crippen LogP contribution in [0.3, 0.4) is 0 Å². The van der Waals surface area contributed by atoms with Gasteiger partial charge in [0.25, 0.3) is 0 Å². The topological polar surface area (TPSA) is 49.3 Å². The van der Waals surface area contributed by atoms with Crippen LogP contribution in [0.2, 0.25) is 0 Å². The van der Waals surface area contributed by atoms with Crippen molar-refractivity contribution in [3.05, 3.63) is 35.4 Å². The van der Waals surface area contributed by atoms with Crippen molar-refractivity contribution in [3.63, 3.8) is 0 Å². The second kappa shape index (κ2) is 5.87. The SMILES string of the molecule is CC[C@H](CO)NC(=O)C1(c2ccc(F)cc2F)CCC1. The van der Waals surface area contributed by atoms with Crippen molar-refractivity contribution in [1.82, 2.24) is 5.32 Å². The Hall–Kier alpha value is -1.49. The third-order valence-electron chi connectivity index (χ3n) is 4.14. The first kappa shape index (κ1) is 14.9. The Balaban J connectivity index is 2.27. The van der Waals surface area contributed by atoms with Crippen LogP contribution in [0.5, 0.6) is 0 Å². The lowest BCUT2D eigenvalue weighted by Crippen LogP contribution is -2.53. The van der Waals surface area contributed by atoms with E-state index in [0.29, 0.717) is 19.3 Å². The number of amides is 1. The molecular formula is C15H19F2NO2. The van der Waals surface area contributed by atoms with Crippen molar-refractivity contribution in [2.24, 2.45) is 0 Å². The third-order valence-corrected chi connectivity index (χ3v) is 4.14. The van der Waals surface area contributed by atoms with Gasteiger partial charge in [0.2, 0.25) is 5.91 Å². The summed E-state index contributed by atoms with van der Waals surface area (Å²) in [6, 6.07) is 3.01.